The molecular weight excluding hydrogens is 418 g/mol. The summed E-state index contributed by atoms with van der Waals surface area (Å²) < 4.78 is 77.2. The fraction of sp³-hybridized carbons (Fsp3) is 0.375. The van der Waals surface area contributed by atoms with Gasteiger partial charge in [0.15, 0.2) is 5.13 Å². The standard InChI is InChI=1S/C16H12F6N2OS.ClH/c17-15(18,19)9-5-8(6-10(7-9)16(20,21)22)13(25)24-14-23-11-3-1-2-4-12(11)26-14;/h5-7H,1-4H2,(H,23,24,25);1H. The molecule has 0 spiro atoms. The summed E-state index contributed by atoms with van der Waals surface area (Å²) in [5.74, 6) is -1.06. The smallest absolute Gasteiger partial charge is 0.298 e. The van der Waals surface area contributed by atoms with Crippen LogP contribution in [0, 0.1) is 0 Å². The molecule has 0 atom stereocenters. The van der Waals surface area contributed by atoms with E-state index in [0.29, 0.717) is 12.1 Å². The van der Waals surface area contributed by atoms with E-state index in [0.717, 1.165) is 36.3 Å². The third-order valence-electron chi connectivity index (χ3n) is 3.92. The average Bonchev–Trinajstić information content (AvgIpc) is 2.95. The van der Waals surface area contributed by atoms with Crippen LogP contribution in [0.5, 0.6) is 0 Å². The predicted octanol–water partition coefficient (Wildman–Crippen LogP) is 5.73. The first-order valence-electron chi connectivity index (χ1n) is 7.63. The van der Waals surface area contributed by atoms with Gasteiger partial charge in [0.25, 0.3) is 5.91 Å². The van der Waals surface area contributed by atoms with Crippen LogP contribution >= 0.6 is 23.7 Å². The van der Waals surface area contributed by atoms with Crippen LogP contribution in [0.25, 0.3) is 0 Å². The van der Waals surface area contributed by atoms with Crippen molar-refractivity contribution in [3.05, 3.63) is 45.5 Å². The van der Waals surface area contributed by atoms with Gasteiger partial charge < -0.3 is 0 Å². The molecule has 0 saturated carbocycles. The zero-order chi connectivity index (χ0) is 19.1. The first-order chi connectivity index (χ1) is 12.0. The quantitative estimate of drug-likeness (QED) is 0.618. The van der Waals surface area contributed by atoms with E-state index >= 15 is 0 Å². The molecule has 0 unspecified atom stereocenters. The number of aryl methyl sites for hydroxylation is 2. The minimum atomic E-state index is -5.00. The van der Waals surface area contributed by atoms with Crippen molar-refractivity contribution in [1.29, 1.82) is 0 Å². The van der Waals surface area contributed by atoms with Crippen molar-refractivity contribution >= 4 is 34.8 Å². The lowest BCUT2D eigenvalue weighted by Gasteiger charge is -2.13. The number of hydrogen-bond donors (Lipinski definition) is 1. The van der Waals surface area contributed by atoms with Crippen LogP contribution in [0.15, 0.2) is 18.2 Å². The van der Waals surface area contributed by atoms with Crippen LogP contribution in [0.3, 0.4) is 0 Å². The highest BCUT2D eigenvalue weighted by Crippen LogP contribution is 2.36. The fourth-order valence-corrected chi connectivity index (χ4v) is 3.71. The molecule has 0 saturated heterocycles. The average molecular weight is 431 g/mol. The highest BCUT2D eigenvalue weighted by atomic mass is 35.5. The maximum absolute atomic E-state index is 12.9. The number of amides is 1. The summed E-state index contributed by atoms with van der Waals surface area (Å²) in [5.41, 5.74) is -2.97. The van der Waals surface area contributed by atoms with Crippen LogP contribution in [0.1, 0.15) is 44.9 Å². The Labute approximate surface area is 160 Å². The molecule has 11 heteroatoms. The van der Waals surface area contributed by atoms with Gasteiger partial charge in [-0.1, -0.05) is 0 Å². The molecule has 0 bridgehead atoms. The van der Waals surface area contributed by atoms with Gasteiger partial charge in [0.1, 0.15) is 0 Å². The highest BCUT2D eigenvalue weighted by molar-refractivity contribution is 7.15. The van der Waals surface area contributed by atoms with E-state index in [1.165, 1.54) is 11.3 Å². The Hall–Kier alpha value is -1.81. The highest BCUT2D eigenvalue weighted by Gasteiger charge is 2.37. The van der Waals surface area contributed by atoms with Crippen molar-refractivity contribution in [2.45, 2.75) is 38.0 Å². The first-order valence-corrected chi connectivity index (χ1v) is 8.45. The lowest BCUT2D eigenvalue weighted by Crippen LogP contribution is -2.17. The zero-order valence-corrected chi connectivity index (χ0v) is 15.1. The summed E-state index contributed by atoms with van der Waals surface area (Å²) in [4.78, 5) is 17.4. The van der Waals surface area contributed by atoms with Gasteiger partial charge in [0, 0.05) is 10.4 Å². The second-order valence-electron chi connectivity index (χ2n) is 5.84. The second-order valence-corrected chi connectivity index (χ2v) is 6.93. The third-order valence-corrected chi connectivity index (χ3v) is 4.99. The second kappa shape index (κ2) is 7.67. The third kappa shape index (κ3) is 4.92. The van der Waals surface area contributed by atoms with Crippen molar-refractivity contribution in [3.8, 4) is 0 Å². The van der Waals surface area contributed by atoms with E-state index in [-0.39, 0.29) is 23.6 Å². The number of aromatic nitrogens is 1. The number of nitrogens with zero attached hydrogens (tertiary/aromatic N) is 1. The molecule has 1 aliphatic carbocycles. The summed E-state index contributed by atoms with van der Waals surface area (Å²) in [5, 5.41) is 2.48. The Kier molecular flexibility index (Phi) is 6.10. The number of rotatable bonds is 2. The maximum Gasteiger partial charge on any atom is 0.416 e. The van der Waals surface area contributed by atoms with E-state index in [9.17, 15) is 31.1 Å². The molecule has 1 heterocycles. The number of anilines is 1. The Bertz CT molecular complexity index is 791. The molecular formula is C16H13ClF6N2OS. The van der Waals surface area contributed by atoms with Crippen molar-refractivity contribution in [1.82, 2.24) is 4.98 Å². The molecule has 1 aromatic carbocycles. The molecule has 1 aliphatic rings. The van der Waals surface area contributed by atoms with E-state index < -0.39 is 35.0 Å². The van der Waals surface area contributed by atoms with Crippen molar-refractivity contribution < 1.29 is 31.1 Å². The predicted molar refractivity (Wildman–Crippen MR) is 90.4 cm³/mol. The van der Waals surface area contributed by atoms with Gasteiger partial charge in [-0.25, -0.2) is 4.98 Å². The number of carbonyl (C=O) groups is 1. The molecule has 1 amide bonds. The molecule has 148 valence electrons. The van der Waals surface area contributed by atoms with E-state index in [1.807, 2.05) is 0 Å². The molecule has 3 nitrogen and oxygen atoms in total. The number of halogens is 7. The monoisotopic (exact) mass is 430 g/mol. The number of nitrogens with one attached hydrogen (secondary N) is 1. The fourth-order valence-electron chi connectivity index (χ4n) is 2.66. The number of carbonyl (C=O) groups excluding carboxylic acids is 1. The molecule has 0 aliphatic heterocycles. The molecule has 27 heavy (non-hydrogen) atoms. The first kappa shape index (κ1) is 21.5. The van der Waals surface area contributed by atoms with Crippen LogP contribution in [-0.2, 0) is 25.2 Å². The van der Waals surface area contributed by atoms with E-state index in [4.69, 9.17) is 0 Å². The molecule has 1 N–H and O–H groups in total. The number of alkyl halides is 6. The Morgan fingerprint density at radius 2 is 1.52 bits per heavy atom. The molecule has 0 radical (unpaired) electrons. The zero-order valence-electron chi connectivity index (χ0n) is 13.5. The number of hydrogen-bond acceptors (Lipinski definition) is 3. The number of benzene rings is 1. The van der Waals surface area contributed by atoms with Gasteiger partial charge in [-0.15, -0.1) is 23.7 Å². The summed E-state index contributed by atoms with van der Waals surface area (Å²) >= 11 is 1.19. The lowest BCUT2D eigenvalue weighted by atomic mass is 10.0. The SMILES string of the molecule is Cl.O=C(Nc1nc2c(s1)CCCC2)c1cc(C(F)(F)F)cc(C(F)(F)F)c1. The lowest BCUT2D eigenvalue weighted by molar-refractivity contribution is -0.143. The van der Waals surface area contributed by atoms with Crippen LogP contribution < -0.4 is 5.32 Å². The molecule has 0 fully saturated rings. The van der Waals surface area contributed by atoms with Crippen molar-refractivity contribution in [3.63, 3.8) is 0 Å². The molecule has 1 aromatic heterocycles. The normalized spacial score (nSPS) is 14.3. The summed E-state index contributed by atoms with van der Waals surface area (Å²) in [6.45, 7) is 0. The summed E-state index contributed by atoms with van der Waals surface area (Å²) in [6, 6.07) is 0.787. The number of fused-ring (bicyclic) bond motifs is 1. The minimum absolute atomic E-state index is 0. The van der Waals surface area contributed by atoms with Crippen LogP contribution in [-0.4, -0.2) is 10.9 Å². The van der Waals surface area contributed by atoms with Crippen molar-refractivity contribution in [2.24, 2.45) is 0 Å². The Balaban J connectivity index is 0.00000261. The molecule has 3 rings (SSSR count). The Morgan fingerprint density at radius 1 is 0.963 bits per heavy atom. The van der Waals surface area contributed by atoms with Gasteiger partial charge in [-0.05, 0) is 43.9 Å². The Morgan fingerprint density at radius 3 is 2.04 bits per heavy atom. The van der Waals surface area contributed by atoms with Gasteiger partial charge in [0.05, 0.1) is 16.8 Å². The summed E-state index contributed by atoms with van der Waals surface area (Å²) in [6.07, 6.45) is -6.54. The topological polar surface area (TPSA) is 42.0 Å². The van der Waals surface area contributed by atoms with Crippen molar-refractivity contribution in [2.75, 3.05) is 5.32 Å². The minimum Gasteiger partial charge on any atom is -0.298 e. The summed E-state index contributed by atoms with van der Waals surface area (Å²) in [7, 11) is 0. The molecule has 2 aromatic rings. The van der Waals surface area contributed by atoms with Gasteiger partial charge in [-0.3, -0.25) is 10.1 Å². The van der Waals surface area contributed by atoms with Gasteiger partial charge in [0.2, 0.25) is 0 Å². The van der Waals surface area contributed by atoms with Crippen LogP contribution in [0.4, 0.5) is 31.5 Å². The maximum atomic E-state index is 12.9. The van der Waals surface area contributed by atoms with E-state index in [1.54, 1.807) is 0 Å². The van der Waals surface area contributed by atoms with Gasteiger partial charge >= 0.3 is 12.4 Å². The largest absolute Gasteiger partial charge is 0.416 e. The van der Waals surface area contributed by atoms with E-state index in [2.05, 4.69) is 10.3 Å². The number of thiazole rings is 1. The van der Waals surface area contributed by atoms with Gasteiger partial charge in [-0.2, -0.15) is 26.3 Å². The van der Waals surface area contributed by atoms with Crippen LogP contribution in [0.2, 0.25) is 0 Å².